The van der Waals surface area contributed by atoms with E-state index in [1.807, 2.05) is 41.1 Å². The van der Waals surface area contributed by atoms with Crippen LogP contribution in [0, 0.1) is 0 Å². The quantitative estimate of drug-likeness (QED) is 0.831. The van der Waals surface area contributed by atoms with Crippen molar-refractivity contribution in [1.29, 1.82) is 0 Å². The number of para-hydroxylation sites is 1. The third-order valence-corrected chi connectivity index (χ3v) is 4.06. The number of benzene rings is 1. The second-order valence-corrected chi connectivity index (χ2v) is 5.67. The Hall–Kier alpha value is -1.89. The van der Waals surface area contributed by atoms with Crippen LogP contribution in [-0.2, 0) is 20.8 Å². The molecule has 1 amide bonds. The summed E-state index contributed by atoms with van der Waals surface area (Å²) in [5.74, 6) is -0.0700. The first kappa shape index (κ1) is 16.0. The van der Waals surface area contributed by atoms with Crippen molar-refractivity contribution >= 4 is 16.8 Å². The second kappa shape index (κ2) is 7.59. The van der Waals surface area contributed by atoms with Gasteiger partial charge in [-0.3, -0.25) is 4.79 Å². The molecule has 124 valence electrons. The SMILES string of the molecule is O=C(Cn1ccc2ccccc21)N[C@@H]1COCC[C@@H]1OCCO. The third-order valence-electron chi connectivity index (χ3n) is 4.06. The molecule has 1 saturated heterocycles. The van der Waals surface area contributed by atoms with Gasteiger partial charge in [-0.2, -0.15) is 0 Å². The molecule has 0 aliphatic carbocycles. The molecule has 6 heteroatoms. The van der Waals surface area contributed by atoms with E-state index in [9.17, 15) is 4.79 Å². The van der Waals surface area contributed by atoms with Crippen LogP contribution in [0.5, 0.6) is 0 Å². The summed E-state index contributed by atoms with van der Waals surface area (Å²) in [6, 6.07) is 9.79. The molecule has 1 aromatic heterocycles. The molecular weight excluding hydrogens is 296 g/mol. The zero-order valence-electron chi connectivity index (χ0n) is 13.0. The lowest BCUT2D eigenvalue weighted by Gasteiger charge is -2.32. The van der Waals surface area contributed by atoms with Crippen LogP contribution in [-0.4, -0.2) is 54.2 Å². The van der Waals surface area contributed by atoms with Gasteiger partial charge in [-0.25, -0.2) is 0 Å². The van der Waals surface area contributed by atoms with Crippen LogP contribution in [0.2, 0.25) is 0 Å². The van der Waals surface area contributed by atoms with Crippen LogP contribution in [0.4, 0.5) is 0 Å². The number of aromatic nitrogens is 1. The number of rotatable bonds is 6. The molecule has 2 aromatic rings. The van der Waals surface area contributed by atoms with Gasteiger partial charge in [0, 0.05) is 18.3 Å². The van der Waals surface area contributed by atoms with Gasteiger partial charge >= 0.3 is 0 Å². The van der Waals surface area contributed by atoms with Gasteiger partial charge in [-0.1, -0.05) is 18.2 Å². The van der Waals surface area contributed by atoms with Gasteiger partial charge in [0.05, 0.1) is 32.0 Å². The molecular formula is C17H22N2O4. The summed E-state index contributed by atoms with van der Waals surface area (Å²) in [6.07, 6.45) is 2.53. The van der Waals surface area contributed by atoms with E-state index in [1.165, 1.54) is 0 Å². The van der Waals surface area contributed by atoms with Crippen LogP contribution in [0.25, 0.3) is 10.9 Å². The topological polar surface area (TPSA) is 72.7 Å². The highest BCUT2D eigenvalue weighted by atomic mass is 16.5. The van der Waals surface area contributed by atoms with Crippen LogP contribution in [0.15, 0.2) is 36.5 Å². The maximum Gasteiger partial charge on any atom is 0.240 e. The molecule has 23 heavy (non-hydrogen) atoms. The van der Waals surface area contributed by atoms with Crippen LogP contribution < -0.4 is 5.32 Å². The van der Waals surface area contributed by atoms with Gasteiger partial charge in [0.15, 0.2) is 0 Å². The van der Waals surface area contributed by atoms with Crippen molar-refractivity contribution in [3.8, 4) is 0 Å². The lowest BCUT2D eigenvalue weighted by molar-refractivity contribution is -0.126. The van der Waals surface area contributed by atoms with Crippen LogP contribution >= 0.6 is 0 Å². The van der Waals surface area contributed by atoms with E-state index in [4.69, 9.17) is 14.6 Å². The molecule has 1 aliphatic heterocycles. The Balaban J connectivity index is 1.61. The highest BCUT2D eigenvalue weighted by molar-refractivity contribution is 5.83. The first-order chi connectivity index (χ1) is 11.3. The van der Waals surface area contributed by atoms with Gasteiger partial charge < -0.3 is 24.5 Å². The lowest BCUT2D eigenvalue weighted by Crippen LogP contribution is -2.51. The minimum atomic E-state index is -0.176. The van der Waals surface area contributed by atoms with Crippen molar-refractivity contribution in [1.82, 2.24) is 9.88 Å². The van der Waals surface area contributed by atoms with E-state index in [2.05, 4.69) is 5.32 Å². The summed E-state index contributed by atoms with van der Waals surface area (Å²) in [7, 11) is 0. The molecule has 2 N–H and O–H groups in total. The number of nitrogens with zero attached hydrogens (tertiary/aromatic N) is 1. The predicted molar refractivity (Wildman–Crippen MR) is 86.1 cm³/mol. The van der Waals surface area contributed by atoms with Crippen molar-refractivity contribution in [2.75, 3.05) is 26.4 Å². The summed E-state index contributed by atoms with van der Waals surface area (Å²) in [6.45, 7) is 1.57. The van der Waals surface area contributed by atoms with E-state index < -0.39 is 0 Å². The predicted octanol–water partition coefficient (Wildman–Crippen LogP) is 0.924. The molecule has 0 radical (unpaired) electrons. The first-order valence-electron chi connectivity index (χ1n) is 7.91. The van der Waals surface area contributed by atoms with Crippen LogP contribution in [0.1, 0.15) is 6.42 Å². The number of carbonyl (C=O) groups is 1. The van der Waals surface area contributed by atoms with Crippen molar-refractivity contribution in [2.45, 2.75) is 25.1 Å². The Kier molecular flexibility index (Phi) is 5.27. The minimum absolute atomic E-state index is 0.0205. The first-order valence-corrected chi connectivity index (χ1v) is 7.91. The number of hydrogen-bond acceptors (Lipinski definition) is 4. The van der Waals surface area contributed by atoms with Gasteiger partial charge in [0.1, 0.15) is 6.54 Å². The normalized spacial score (nSPS) is 21.4. The number of carbonyl (C=O) groups excluding carboxylic acids is 1. The van der Waals surface area contributed by atoms with E-state index >= 15 is 0 Å². The van der Waals surface area contributed by atoms with Gasteiger partial charge in [0.2, 0.25) is 5.91 Å². The largest absolute Gasteiger partial charge is 0.394 e. The fraction of sp³-hybridized carbons (Fsp3) is 0.471. The zero-order valence-corrected chi connectivity index (χ0v) is 13.0. The maximum absolute atomic E-state index is 12.3. The Morgan fingerprint density at radius 3 is 3.13 bits per heavy atom. The van der Waals surface area contributed by atoms with E-state index in [0.29, 0.717) is 13.2 Å². The highest BCUT2D eigenvalue weighted by Gasteiger charge is 2.27. The summed E-state index contributed by atoms with van der Waals surface area (Å²) in [5, 5.41) is 13.0. The van der Waals surface area contributed by atoms with Gasteiger partial charge in [0.25, 0.3) is 0 Å². The minimum Gasteiger partial charge on any atom is -0.394 e. The number of nitrogens with one attached hydrogen (secondary N) is 1. The lowest BCUT2D eigenvalue weighted by atomic mass is 10.1. The summed E-state index contributed by atoms with van der Waals surface area (Å²) >= 11 is 0. The van der Waals surface area contributed by atoms with E-state index in [0.717, 1.165) is 17.3 Å². The Bertz CT molecular complexity index is 655. The molecule has 0 unspecified atom stereocenters. The number of amides is 1. The zero-order chi connectivity index (χ0) is 16.1. The fourth-order valence-corrected chi connectivity index (χ4v) is 2.94. The molecule has 1 aromatic carbocycles. The maximum atomic E-state index is 12.3. The molecule has 3 rings (SSSR count). The van der Waals surface area contributed by atoms with Crippen molar-refractivity contribution in [3.63, 3.8) is 0 Å². The molecule has 6 nitrogen and oxygen atoms in total. The van der Waals surface area contributed by atoms with Crippen LogP contribution in [0.3, 0.4) is 0 Å². The van der Waals surface area contributed by atoms with E-state index in [-0.39, 0.29) is 37.8 Å². The standard InChI is InChI=1S/C17H22N2O4/c20-8-10-23-16-6-9-22-12-14(16)18-17(21)11-19-7-5-13-3-1-2-4-15(13)19/h1-5,7,14,16,20H,6,8-12H2,(H,18,21)/t14-,16+/m1/s1. The molecule has 0 spiro atoms. The van der Waals surface area contributed by atoms with Crippen molar-refractivity contribution in [3.05, 3.63) is 36.5 Å². The third kappa shape index (κ3) is 3.90. The number of aliphatic hydroxyl groups is 1. The molecule has 2 heterocycles. The molecule has 2 atom stereocenters. The summed E-state index contributed by atoms with van der Waals surface area (Å²) in [5.41, 5.74) is 1.04. The van der Waals surface area contributed by atoms with Crippen molar-refractivity contribution in [2.24, 2.45) is 0 Å². The Morgan fingerprint density at radius 2 is 2.26 bits per heavy atom. The van der Waals surface area contributed by atoms with Crippen molar-refractivity contribution < 1.29 is 19.4 Å². The monoisotopic (exact) mass is 318 g/mol. The number of aliphatic hydroxyl groups excluding tert-OH is 1. The number of ether oxygens (including phenoxy) is 2. The summed E-state index contributed by atoms with van der Waals surface area (Å²) < 4.78 is 13.0. The van der Waals surface area contributed by atoms with Gasteiger partial charge in [-0.15, -0.1) is 0 Å². The number of fused-ring (bicyclic) bond motifs is 1. The summed E-state index contributed by atoms with van der Waals surface area (Å²) in [4.78, 5) is 12.3. The smallest absolute Gasteiger partial charge is 0.240 e. The average molecular weight is 318 g/mol. The average Bonchev–Trinajstić information content (AvgIpc) is 2.97. The fourth-order valence-electron chi connectivity index (χ4n) is 2.94. The molecule has 1 fully saturated rings. The Morgan fingerprint density at radius 1 is 1.39 bits per heavy atom. The molecule has 1 aliphatic rings. The van der Waals surface area contributed by atoms with Gasteiger partial charge in [-0.05, 0) is 23.9 Å². The number of hydrogen-bond donors (Lipinski definition) is 2. The van der Waals surface area contributed by atoms with E-state index in [1.54, 1.807) is 0 Å². The molecule has 0 saturated carbocycles. The Labute approximate surface area is 135 Å². The highest BCUT2D eigenvalue weighted by Crippen LogP contribution is 2.15. The second-order valence-electron chi connectivity index (χ2n) is 5.67. The molecule has 0 bridgehead atoms.